The molecule has 0 fully saturated rings. The number of aryl methyl sites for hydroxylation is 2. The molecule has 0 atom stereocenters. The molecule has 0 saturated heterocycles. The SMILES string of the molecule is NC(=S)Nc1cc(Oc2ccc3c(c2)CCC3)cc([N+](=O)[O-])c1. The summed E-state index contributed by atoms with van der Waals surface area (Å²) in [7, 11) is 0. The molecule has 23 heavy (non-hydrogen) atoms. The summed E-state index contributed by atoms with van der Waals surface area (Å²) in [4.78, 5) is 10.6. The quantitative estimate of drug-likeness (QED) is 0.506. The number of rotatable bonds is 4. The maximum Gasteiger partial charge on any atom is 0.275 e. The number of fused-ring (bicyclic) bond motifs is 1. The molecule has 0 radical (unpaired) electrons. The molecule has 0 amide bonds. The van der Waals surface area contributed by atoms with Gasteiger partial charge < -0.3 is 15.8 Å². The van der Waals surface area contributed by atoms with Crippen LogP contribution in [0.5, 0.6) is 11.5 Å². The van der Waals surface area contributed by atoms with Crippen molar-refractivity contribution in [3.05, 3.63) is 57.6 Å². The normalized spacial score (nSPS) is 12.5. The van der Waals surface area contributed by atoms with Crippen molar-refractivity contribution in [3.63, 3.8) is 0 Å². The van der Waals surface area contributed by atoms with Crippen molar-refractivity contribution in [1.29, 1.82) is 0 Å². The molecule has 0 saturated carbocycles. The number of nitro benzene ring substituents is 1. The molecule has 0 bridgehead atoms. The van der Waals surface area contributed by atoms with Gasteiger partial charge in [0.25, 0.3) is 5.69 Å². The first-order valence-electron chi connectivity index (χ1n) is 7.17. The lowest BCUT2D eigenvalue weighted by Gasteiger charge is -2.10. The monoisotopic (exact) mass is 329 g/mol. The molecule has 118 valence electrons. The average molecular weight is 329 g/mol. The van der Waals surface area contributed by atoms with Crippen LogP contribution >= 0.6 is 12.2 Å². The van der Waals surface area contributed by atoms with E-state index in [2.05, 4.69) is 5.32 Å². The van der Waals surface area contributed by atoms with E-state index in [-0.39, 0.29) is 10.8 Å². The molecule has 2 aromatic rings. The van der Waals surface area contributed by atoms with Crippen molar-refractivity contribution >= 4 is 28.7 Å². The topological polar surface area (TPSA) is 90.4 Å². The van der Waals surface area contributed by atoms with Crippen LogP contribution in [0.15, 0.2) is 36.4 Å². The highest BCUT2D eigenvalue weighted by Crippen LogP contribution is 2.32. The Hall–Kier alpha value is -2.67. The van der Waals surface area contributed by atoms with Crippen LogP contribution in [0.1, 0.15) is 17.5 Å². The number of ether oxygens (including phenoxy) is 1. The van der Waals surface area contributed by atoms with Gasteiger partial charge >= 0.3 is 0 Å². The van der Waals surface area contributed by atoms with Gasteiger partial charge in [0.05, 0.1) is 16.7 Å². The van der Waals surface area contributed by atoms with E-state index in [1.807, 2.05) is 18.2 Å². The second-order valence-electron chi connectivity index (χ2n) is 5.35. The second-order valence-corrected chi connectivity index (χ2v) is 5.79. The summed E-state index contributed by atoms with van der Waals surface area (Å²) in [5.41, 5.74) is 8.36. The molecule has 0 heterocycles. The average Bonchev–Trinajstić information content (AvgIpc) is 2.93. The first kappa shape index (κ1) is 15.2. The van der Waals surface area contributed by atoms with Gasteiger partial charge in [0.2, 0.25) is 0 Å². The van der Waals surface area contributed by atoms with Gasteiger partial charge in [0, 0.05) is 12.1 Å². The fourth-order valence-corrected chi connectivity index (χ4v) is 2.83. The molecule has 0 spiro atoms. The summed E-state index contributed by atoms with van der Waals surface area (Å²) in [6.45, 7) is 0. The number of thiocarbonyl (C=S) groups is 1. The summed E-state index contributed by atoms with van der Waals surface area (Å²) in [6, 6.07) is 10.3. The number of hydrogen-bond acceptors (Lipinski definition) is 4. The standard InChI is InChI=1S/C16H15N3O3S/c17-16(23)18-12-7-13(19(20)21)9-15(8-12)22-14-5-4-10-2-1-3-11(10)6-14/h4-9H,1-3H2,(H3,17,18,23). The Morgan fingerprint density at radius 3 is 2.70 bits per heavy atom. The molecular weight excluding hydrogens is 314 g/mol. The van der Waals surface area contributed by atoms with Gasteiger partial charge in [-0.1, -0.05) is 6.07 Å². The summed E-state index contributed by atoms with van der Waals surface area (Å²) in [5.74, 6) is 1.02. The van der Waals surface area contributed by atoms with E-state index in [1.165, 1.54) is 23.3 Å². The van der Waals surface area contributed by atoms with Crippen LogP contribution in [0.3, 0.4) is 0 Å². The van der Waals surface area contributed by atoms with Gasteiger partial charge in [0.15, 0.2) is 5.11 Å². The maximum absolute atomic E-state index is 11.1. The lowest BCUT2D eigenvalue weighted by molar-refractivity contribution is -0.384. The predicted molar refractivity (Wildman–Crippen MR) is 92.0 cm³/mol. The Kier molecular flexibility index (Phi) is 4.12. The van der Waals surface area contributed by atoms with Gasteiger partial charge in [-0.2, -0.15) is 0 Å². The van der Waals surface area contributed by atoms with Crippen LogP contribution in [-0.4, -0.2) is 10.0 Å². The first-order chi connectivity index (χ1) is 11.0. The summed E-state index contributed by atoms with van der Waals surface area (Å²) < 4.78 is 5.79. The van der Waals surface area contributed by atoms with Gasteiger partial charge in [-0.05, 0) is 54.7 Å². The Morgan fingerprint density at radius 1 is 1.17 bits per heavy atom. The minimum absolute atomic E-state index is 0.0361. The van der Waals surface area contributed by atoms with Crippen molar-refractivity contribution in [3.8, 4) is 11.5 Å². The summed E-state index contributed by atoms with van der Waals surface area (Å²) >= 11 is 4.77. The van der Waals surface area contributed by atoms with E-state index in [1.54, 1.807) is 6.07 Å². The molecule has 6 nitrogen and oxygen atoms in total. The fourth-order valence-electron chi connectivity index (χ4n) is 2.71. The zero-order chi connectivity index (χ0) is 16.4. The van der Waals surface area contributed by atoms with Crippen LogP contribution in [0, 0.1) is 10.1 Å². The number of nitrogens with two attached hydrogens (primary N) is 1. The Labute approximate surface area is 138 Å². The number of hydrogen-bond donors (Lipinski definition) is 2. The third kappa shape index (κ3) is 3.57. The molecule has 1 aliphatic carbocycles. The number of non-ortho nitro benzene ring substituents is 1. The highest BCUT2D eigenvalue weighted by molar-refractivity contribution is 7.80. The van der Waals surface area contributed by atoms with E-state index < -0.39 is 4.92 Å². The first-order valence-corrected chi connectivity index (χ1v) is 7.58. The van der Waals surface area contributed by atoms with Crippen LogP contribution in [0.4, 0.5) is 11.4 Å². The number of benzene rings is 2. The fraction of sp³-hybridized carbons (Fsp3) is 0.188. The molecule has 1 aliphatic rings. The minimum Gasteiger partial charge on any atom is -0.457 e. The van der Waals surface area contributed by atoms with Crippen LogP contribution < -0.4 is 15.8 Å². The summed E-state index contributed by atoms with van der Waals surface area (Å²) in [6.07, 6.45) is 3.28. The van der Waals surface area contributed by atoms with Crippen molar-refractivity contribution in [1.82, 2.24) is 0 Å². The molecule has 0 aliphatic heterocycles. The third-order valence-corrected chi connectivity index (χ3v) is 3.78. The van der Waals surface area contributed by atoms with E-state index in [4.69, 9.17) is 22.7 Å². The van der Waals surface area contributed by atoms with E-state index in [9.17, 15) is 10.1 Å². The van der Waals surface area contributed by atoms with E-state index in [0.29, 0.717) is 17.2 Å². The lowest BCUT2D eigenvalue weighted by atomic mass is 10.1. The van der Waals surface area contributed by atoms with Crippen molar-refractivity contribution in [2.24, 2.45) is 5.73 Å². The number of anilines is 1. The molecular formula is C16H15N3O3S. The van der Waals surface area contributed by atoms with Gasteiger partial charge in [-0.15, -0.1) is 0 Å². The maximum atomic E-state index is 11.1. The minimum atomic E-state index is -0.486. The largest absolute Gasteiger partial charge is 0.457 e. The van der Waals surface area contributed by atoms with Crippen molar-refractivity contribution in [2.45, 2.75) is 19.3 Å². The zero-order valence-corrected chi connectivity index (χ0v) is 13.1. The van der Waals surface area contributed by atoms with Crippen molar-refractivity contribution < 1.29 is 9.66 Å². The Morgan fingerprint density at radius 2 is 1.96 bits per heavy atom. The predicted octanol–water partition coefficient (Wildman–Crippen LogP) is 3.53. The van der Waals surface area contributed by atoms with Gasteiger partial charge in [0.1, 0.15) is 11.5 Å². The summed E-state index contributed by atoms with van der Waals surface area (Å²) in [5, 5.41) is 13.8. The van der Waals surface area contributed by atoms with Gasteiger partial charge in [-0.25, -0.2) is 0 Å². The third-order valence-electron chi connectivity index (χ3n) is 3.68. The molecule has 0 aromatic heterocycles. The van der Waals surface area contributed by atoms with Crippen LogP contribution in [-0.2, 0) is 12.8 Å². The molecule has 0 unspecified atom stereocenters. The molecule has 3 rings (SSSR count). The molecule has 7 heteroatoms. The molecule has 3 N–H and O–H groups in total. The Bertz CT molecular complexity index is 792. The Balaban J connectivity index is 1.90. The lowest BCUT2D eigenvalue weighted by Crippen LogP contribution is -2.18. The number of nitrogens with zero attached hydrogens (tertiary/aromatic N) is 1. The van der Waals surface area contributed by atoms with E-state index in [0.717, 1.165) is 19.3 Å². The van der Waals surface area contributed by atoms with Crippen molar-refractivity contribution in [2.75, 3.05) is 5.32 Å². The second kappa shape index (κ2) is 6.21. The smallest absolute Gasteiger partial charge is 0.275 e. The van der Waals surface area contributed by atoms with Gasteiger partial charge in [-0.3, -0.25) is 10.1 Å². The highest BCUT2D eigenvalue weighted by atomic mass is 32.1. The molecule has 2 aromatic carbocycles. The zero-order valence-electron chi connectivity index (χ0n) is 12.2. The number of nitro groups is 1. The number of nitrogens with one attached hydrogen (secondary N) is 1. The van der Waals surface area contributed by atoms with Crippen LogP contribution in [0.25, 0.3) is 0 Å². The van der Waals surface area contributed by atoms with E-state index >= 15 is 0 Å². The van der Waals surface area contributed by atoms with Crippen LogP contribution in [0.2, 0.25) is 0 Å². The highest BCUT2D eigenvalue weighted by Gasteiger charge is 2.14.